The minimum atomic E-state index is -0.505. The number of aromatic amines is 1. The third kappa shape index (κ3) is 3.30. The highest BCUT2D eigenvalue weighted by Gasteiger charge is 2.29. The fraction of sp³-hybridized carbons (Fsp3) is 0.353. The molecule has 1 aromatic heterocycles. The van der Waals surface area contributed by atoms with Gasteiger partial charge in [0.2, 0.25) is 0 Å². The van der Waals surface area contributed by atoms with Crippen LogP contribution in [0.5, 0.6) is 5.75 Å². The molecule has 1 saturated heterocycles. The van der Waals surface area contributed by atoms with Gasteiger partial charge in [-0.1, -0.05) is 12.1 Å². The van der Waals surface area contributed by atoms with Gasteiger partial charge in [-0.2, -0.15) is 4.98 Å². The monoisotopic (exact) mass is 328 g/mol. The number of carbonyl (C=O) groups excluding carboxylic acids is 1. The van der Waals surface area contributed by atoms with Crippen LogP contribution in [0.25, 0.3) is 0 Å². The average Bonchev–Trinajstić information content (AvgIpc) is 2.60. The molecule has 2 heterocycles. The Morgan fingerprint density at radius 3 is 2.75 bits per heavy atom. The third-order valence-electron chi connectivity index (χ3n) is 4.10. The van der Waals surface area contributed by atoms with Crippen LogP contribution in [0.4, 0.5) is 0 Å². The van der Waals surface area contributed by atoms with E-state index in [9.17, 15) is 9.59 Å². The van der Waals surface area contributed by atoms with E-state index in [0.29, 0.717) is 25.3 Å². The molecule has 1 amide bonds. The van der Waals surface area contributed by atoms with Crippen molar-refractivity contribution in [3.8, 4) is 5.75 Å². The van der Waals surface area contributed by atoms with Crippen molar-refractivity contribution in [2.24, 2.45) is 0 Å². The summed E-state index contributed by atoms with van der Waals surface area (Å²) in [7, 11) is 1.62. The Morgan fingerprint density at radius 2 is 2.08 bits per heavy atom. The molecule has 0 spiro atoms. The van der Waals surface area contributed by atoms with Gasteiger partial charge in [-0.15, -0.1) is 0 Å². The van der Waals surface area contributed by atoms with Crippen LogP contribution in [-0.2, 0) is 0 Å². The first-order valence-corrected chi connectivity index (χ1v) is 7.82. The van der Waals surface area contributed by atoms with E-state index in [1.165, 1.54) is 0 Å². The molecule has 1 aliphatic heterocycles. The normalized spacial score (nSPS) is 17.6. The van der Waals surface area contributed by atoms with E-state index in [1.54, 1.807) is 25.0 Å². The van der Waals surface area contributed by atoms with Gasteiger partial charge in [0.05, 0.1) is 13.2 Å². The van der Waals surface area contributed by atoms with E-state index in [4.69, 9.17) is 4.74 Å². The van der Waals surface area contributed by atoms with Crippen molar-refractivity contribution in [2.75, 3.05) is 26.7 Å². The minimum Gasteiger partial charge on any atom is -0.497 e. The van der Waals surface area contributed by atoms with Crippen LogP contribution in [0.15, 0.2) is 35.1 Å². The van der Waals surface area contributed by atoms with Gasteiger partial charge in [0.15, 0.2) is 0 Å². The lowest BCUT2D eigenvalue weighted by molar-refractivity contribution is 0.0627. The maximum absolute atomic E-state index is 12.9. The van der Waals surface area contributed by atoms with Gasteiger partial charge in [-0.05, 0) is 30.7 Å². The third-order valence-corrected chi connectivity index (χ3v) is 4.10. The van der Waals surface area contributed by atoms with E-state index in [-0.39, 0.29) is 17.6 Å². The van der Waals surface area contributed by atoms with Crippen molar-refractivity contribution in [1.82, 2.24) is 20.2 Å². The van der Waals surface area contributed by atoms with E-state index < -0.39 is 5.69 Å². The number of benzene rings is 1. The van der Waals surface area contributed by atoms with Gasteiger partial charge in [-0.3, -0.25) is 4.79 Å². The fourth-order valence-electron chi connectivity index (χ4n) is 2.91. The van der Waals surface area contributed by atoms with Crippen LogP contribution in [0.2, 0.25) is 0 Å². The SMILES string of the molecule is COc1ccc(C2CNCCN2C(=O)c2cc(C)[nH]c(=O)n2)cc1. The molecule has 1 fully saturated rings. The van der Waals surface area contributed by atoms with Crippen molar-refractivity contribution < 1.29 is 9.53 Å². The average molecular weight is 328 g/mol. The molecule has 126 valence electrons. The Kier molecular flexibility index (Phi) is 4.61. The predicted octanol–water partition coefficient (Wildman–Crippen LogP) is 0.874. The van der Waals surface area contributed by atoms with Crippen molar-refractivity contribution in [3.63, 3.8) is 0 Å². The van der Waals surface area contributed by atoms with Crippen LogP contribution in [0.1, 0.15) is 27.8 Å². The minimum absolute atomic E-state index is 0.112. The lowest BCUT2D eigenvalue weighted by Crippen LogP contribution is -2.49. The molecule has 24 heavy (non-hydrogen) atoms. The number of piperazine rings is 1. The molecular formula is C17H20N4O3. The Bertz CT molecular complexity index is 785. The molecular weight excluding hydrogens is 308 g/mol. The number of hydrogen-bond donors (Lipinski definition) is 2. The highest BCUT2D eigenvalue weighted by atomic mass is 16.5. The zero-order chi connectivity index (χ0) is 17.1. The second-order valence-electron chi connectivity index (χ2n) is 5.75. The lowest BCUT2D eigenvalue weighted by atomic mass is 10.0. The van der Waals surface area contributed by atoms with E-state index in [0.717, 1.165) is 11.3 Å². The summed E-state index contributed by atoms with van der Waals surface area (Å²) >= 11 is 0. The van der Waals surface area contributed by atoms with Gasteiger partial charge in [0, 0.05) is 25.3 Å². The second kappa shape index (κ2) is 6.84. The number of H-pyrrole nitrogens is 1. The van der Waals surface area contributed by atoms with Crippen LogP contribution >= 0.6 is 0 Å². The van der Waals surface area contributed by atoms with Gasteiger partial charge >= 0.3 is 5.69 Å². The van der Waals surface area contributed by atoms with Crippen molar-refractivity contribution >= 4 is 5.91 Å². The van der Waals surface area contributed by atoms with Gasteiger partial charge in [0.1, 0.15) is 11.4 Å². The smallest absolute Gasteiger partial charge is 0.345 e. The molecule has 7 heteroatoms. The highest BCUT2D eigenvalue weighted by Crippen LogP contribution is 2.25. The van der Waals surface area contributed by atoms with Crippen LogP contribution in [0, 0.1) is 6.92 Å². The molecule has 3 rings (SSSR count). The zero-order valence-corrected chi connectivity index (χ0v) is 13.7. The van der Waals surface area contributed by atoms with Gasteiger partial charge in [-0.25, -0.2) is 4.79 Å². The lowest BCUT2D eigenvalue weighted by Gasteiger charge is -2.36. The number of ether oxygens (including phenoxy) is 1. The molecule has 2 aromatic rings. The first-order chi connectivity index (χ1) is 11.6. The maximum Gasteiger partial charge on any atom is 0.345 e. The van der Waals surface area contributed by atoms with Crippen LogP contribution < -0.4 is 15.7 Å². The van der Waals surface area contributed by atoms with Crippen molar-refractivity contribution in [1.29, 1.82) is 0 Å². The maximum atomic E-state index is 12.9. The zero-order valence-electron chi connectivity index (χ0n) is 13.7. The molecule has 0 bridgehead atoms. The highest BCUT2D eigenvalue weighted by molar-refractivity contribution is 5.92. The number of nitrogens with zero attached hydrogens (tertiary/aromatic N) is 2. The number of aryl methyl sites for hydroxylation is 1. The number of hydrogen-bond acceptors (Lipinski definition) is 5. The Morgan fingerprint density at radius 1 is 1.33 bits per heavy atom. The first-order valence-electron chi connectivity index (χ1n) is 7.82. The molecule has 1 aromatic carbocycles. The summed E-state index contributed by atoms with van der Waals surface area (Å²) in [5, 5.41) is 3.31. The Labute approximate surface area is 139 Å². The van der Waals surface area contributed by atoms with Gasteiger partial charge < -0.3 is 19.9 Å². The van der Waals surface area contributed by atoms with E-state index in [2.05, 4.69) is 15.3 Å². The standard InChI is InChI=1S/C17H20N4O3/c1-11-9-14(20-17(23)19-11)16(22)21-8-7-18-10-15(21)12-3-5-13(24-2)6-4-12/h3-6,9,15,18H,7-8,10H2,1-2H3,(H,19,20,23). The van der Waals surface area contributed by atoms with E-state index in [1.807, 2.05) is 24.3 Å². The largest absolute Gasteiger partial charge is 0.497 e. The van der Waals surface area contributed by atoms with Crippen molar-refractivity contribution in [3.05, 3.63) is 57.8 Å². The second-order valence-corrected chi connectivity index (χ2v) is 5.75. The molecule has 1 aliphatic rings. The summed E-state index contributed by atoms with van der Waals surface area (Å²) in [6, 6.07) is 9.15. The molecule has 7 nitrogen and oxygen atoms in total. The van der Waals surface area contributed by atoms with E-state index >= 15 is 0 Å². The molecule has 1 unspecified atom stereocenters. The number of nitrogens with one attached hydrogen (secondary N) is 2. The summed E-state index contributed by atoms with van der Waals surface area (Å²) in [5.41, 5.74) is 1.30. The summed E-state index contributed by atoms with van der Waals surface area (Å²) < 4.78 is 5.18. The van der Waals surface area contributed by atoms with Gasteiger partial charge in [0.25, 0.3) is 5.91 Å². The molecule has 2 N–H and O–H groups in total. The number of carbonyl (C=O) groups is 1. The molecule has 1 atom stereocenters. The molecule has 0 aliphatic carbocycles. The number of methoxy groups -OCH3 is 1. The molecule has 0 radical (unpaired) electrons. The Hall–Kier alpha value is -2.67. The summed E-state index contributed by atoms with van der Waals surface area (Å²) in [6.45, 7) is 3.66. The summed E-state index contributed by atoms with van der Waals surface area (Å²) in [5.74, 6) is 0.541. The predicted molar refractivity (Wildman–Crippen MR) is 89.2 cm³/mol. The van der Waals surface area contributed by atoms with Crippen LogP contribution in [-0.4, -0.2) is 47.5 Å². The summed E-state index contributed by atoms with van der Waals surface area (Å²) in [6.07, 6.45) is 0. The van der Waals surface area contributed by atoms with Crippen molar-refractivity contribution in [2.45, 2.75) is 13.0 Å². The number of rotatable bonds is 3. The molecule has 0 saturated carbocycles. The quantitative estimate of drug-likeness (QED) is 0.873. The summed E-state index contributed by atoms with van der Waals surface area (Å²) in [4.78, 5) is 32.6. The first kappa shape index (κ1) is 16.2. The topological polar surface area (TPSA) is 87.3 Å². The number of aromatic nitrogens is 2. The fourth-order valence-corrected chi connectivity index (χ4v) is 2.91. The Balaban J connectivity index is 1.90. The van der Waals surface area contributed by atoms with Crippen LogP contribution in [0.3, 0.4) is 0 Å². The number of amides is 1.